The molecule has 0 atom stereocenters. The molecule has 0 aliphatic heterocycles. The van der Waals surface area contributed by atoms with E-state index >= 15 is 0 Å². The van der Waals surface area contributed by atoms with E-state index < -0.39 is 11.4 Å². The molecule has 0 saturated carbocycles. The number of hydrogen-bond donors (Lipinski definition) is 2. The van der Waals surface area contributed by atoms with Gasteiger partial charge in [-0.1, -0.05) is 0 Å². The van der Waals surface area contributed by atoms with Gasteiger partial charge in [-0.3, -0.25) is 4.79 Å². The number of ketones is 1. The fraction of sp³-hybridized carbons (Fsp3) is 0.417. The fourth-order valence-electron chi connectivity index (χ4n) is 1.13. The average molecular weight is 225 g/mol. The average Bonchev–Trinajstić information content (AvgIpc) is 2.24. The zero-order valence-electron chi connectivity index (χ0n) is 10.4. The third-order valence-corrected chi connectivity index (χ3v) is 1.94. The molecule has 0 bridgehead atoms. The summed E-state index contributed by atoms with van der Waals surface area (Å²) in [6, 6.07) is 4.35. The van der Waals surface area contributed by atoms with E-state index in [0.29, 0.717) is 5.75 Å². The molecule has 0 heterocycles. The number of hydrogen-bond acceptors (Lipinski definition) is 4. The smallest absolute Gasteiger partial charge is 0.193 e. The van der Waals surface area contributed by atoms with E-state index in [9.17, 15) is 9.90 Å². The Hall–Kier alpha value is -1.39. The lowest BCUT2D eigenvalue weighted by Crippen LogP contribution is -2.30. The van der Waals surface area contributed by atoms with Crippen molar-refractivity contribution >= 4 is 5.78 Å². The second kappa shape index (κ2) is 5.09. The first kappa shape index (κ1) is 11.1. The predicted molar refractivity (Wildman–Crippen MR) is 59.7 cm³/mol. The van der Waals surface area contributed by atoms with Crippen LogP contribution in [0, 0.1) is 0 Å². The molecule has 0 saturated heterocycles. The van der Waals surface area contributed by atoms with Crippen molar-refractivity contribution < 1.29 is 21.1 Å². The number of Topliss-reactive ketones (excluding diaryl/α,β-unsaturated/α-hetero) is 1. The van der Waals surface area contributed by atoms with Gasteiger partial charge < -0.3 is 14.9 Å². The van der Waals surface area contributed by atoms with Crippen molar-refractivity contribution in [3.05, 3.63) is 29.8 Å². The van der Waals surface area contributed by atoms with E-state index in [2.05, 4.69) is 0 Å². The summed E-state index contributed by atoms with van der Waals surface area (Å²) < 4.78 is 12.8. The molecule has 4 nitrogen and oxygen atoms in total. The second-order valence-electron chi connectivity index (χ2n) is 3.90. The molecular formula is C12H16O4. The molecule has 16 heavy (non-hydrogen) atoms. The number of ether oxygens (including phenoxy) is 1. The Balaban J connectivity index is 2.94. The number of rotatable bonds is 5. The monoisotopic (exact) mass is 225 g/mol. The zero-order valence-corrected chi connectivity index (χ0v) is 9.36. The molecule has 0 aliphatic carbocycles. The molecule has 88 valence electrons. The number of benzene rings is 1. The second-order valence-corrected chi connectivity index (χ2v) is 3.90. The molecule has 0 unspecified atom stereocenters. The first-order chi connectivity index (χ1) is 7.86. The highest BCUT2D eigenvalue weighted by molar-refractivity contribution is 6.01. The quantitative estimate of drug-likeness (QED) is 0.734. The van der Waals surface area contributed by atoms with Crippen LogP contribution in [0.3, 0.4) is 0 Å². The maximum absolute atomic E-state index is 11.8. The topological polar surface area (TPSA) is 66.8 Å². The molecule has 0 radical (unpaired) electrons. The van der Waals surface area contributed by atoms with E-state index in [1.807, 2.05) is 0 Å². The molecule has 0 aromatic heterocycles. The number of carbonyl (C=O) groups excluding carboxylic acids is 1. The van der Waals surface area contributed by atoms with Crippen LogP contribution in [0.2, 0.25) is 0 Å². The van der Waals surface area contributed by atoms with Gasteiger partial charge in [-0.05, 0) is 38.1 Å². The first-order valence-corrected chi connectivity index (χ1v) is 4.97. The van der Waals surface area contributed by atoms with Gasteiger partial charge in [0.1, 0.15) is 18.0 Å². The van der Waals surface area contributed by atoms with E-state index in [4.69, 9.17) is 11.2 Å². The Morgan fingerprint density at radius 2 is 2.19 bits per heavy atom. The lowest BCUT2D eigenvalue weighted by Gasteiger charge is -2.15. The van der Waals surface area contributed by atoms with E-state index in [-0.39, 0.29) is 24.8 Å². The molecule has 0 fully saturated rings. The third kappa shape index (κ3) is 3.32. The van der Waals surface area contributed by atoms with Gasteiger partial charge in [0.2, 0.25) is 0 Å². The fourth-order valence-corrected chi connectivity index (χ4v) is 1.13. The van der Waals surface area contributed by atoms with Crippen molar-refractivity contribution in [2.45, 2.75) is 19.4 Å². The molecular weight excluding hydrogens is 208 g/mol. The Labute approximate surface area is 95.9 Å². The Morgan fingerprint density at radius 3 is 2.69 bits per heavy atom. The Bertz CT molecular complexity index is 409. The third-order valence-electron chi connectivity index (χ3n) is 1.94. The van der Waals surface area contributed by atoms with Crippen LogP contribution < -0.4 is 4.74 Å². The van der Waals surface area contributed by atoms with Gasteiger partial charge in [0.05, 0.1) is 7.98 Å². The SMILES string of the molecule is [2H]c1cc(OCCO)ccc1C(=O)C(C)(C)O. The maximum atomic E-state index is 11.8. The zero-order chi connectivity index (χ0) is 13.1. The van der Waals surface area contributed by atoms with Crippen LogP contribution in [0.5, 0.6) is 5.75 Å². The summed E-state index contributed by atoms with van der Waals surface area (Å²) in [6.45, 7) is 2.78. The molecule has 0 aliphatic rings. The first-order valence-electron chi connectivity index (χ1n) is 5.47. The summed E-state index contributed by atoms with van der Waals surface area (Å²) in [5.41, 5.74) is -1.35. The van der Waals surface area contributed by atoms with Crippen molar-refractivity contribution in [2.24, 2.45) is 0 Å². The molecule has 2 N–H and O–H groups in total. The Morgan fingerprint density at radius 1 is 1.50 bits per heavy atom. The number of carbonyl (C=O) groups is 1. The van der Waals surface area contributed by atoms with Gasteiger partial charge in [0.25, 0.3) is 0 Å². The van der Waals surface area contributed by atoms with Gasteiger partial charge >= 0.3 is 0 Å². The van der Waals surface area contributed by atoms with Crippen LogP contribution in [0.1, 0.15) is 25.6 Å². The summed E-state index contributed by atoms with van der Waals surface area (Å²) in [6.07, 6.45) is 0. The van der Waals surface area contributed by atoms with Crippen LogP contribution in [-0.4, -0.2) is 34.8 Å². The summed E-state index contributed by atoms with van der Waals surface area (Å²) in [5, 5.41) is 18.2. The van der Waals surface area contributed by atoms with Crippen molar-refractivity contribution in [1.29, 1.82) is 0 Å². The van der Waals surface area contributed by atoms with Crippen LogP contribution in [0.15, 0.2) is 24.2 Å². The molecule has 4 heteroatoms. The van der Waals surface area contributed by atoms with E-state index in [1.54, 1.807) is 0 Å². The normalized spacial score (nSPS) is 12.1. The van der Waals surface area contributed by atoms with Crippen LogP contribution in [0.25, 0.3) is 0 Å². The van der Waals surface area contributed by atoms with E-state index in [1.165, 1.54) is 32.0 Å². The largest absolute Gasteiger partial charge is 0.491 e. The molecule has 1 aromatic carbocycles. The highest BCUT2D eigenvalue weighted by Gasteiger charge is 2.24. The number of aliphatic hydroxyl groups excluding tert-OH is 1. The van der Waals surface area contributed by atoms with Gasteiger partial charge in [-0.15, -0.1) is 0 Å². The lowest BCUT2D eigenvalue weighted by molar-refractivity contribution is 0.0488. The van der Waals surface area contributed by atoms with Gasteiger partial charge in [-0.25, -0.2) is 0 Å². The molecule has 1 aromatic rings. The predicted octanol–water partition coefficient (Wildman–Crippen LogP) is 1.01. The van der Waals surface area contributed by atoms with Crippen LogP contribution in [0.4, 0.5) is 0 Å². The molecule has 0 spiro atoms. The minimum atomic E-state index is -1.50. The standard InChI is InChI=1S/C12H16O4/c1-12(2,15)11(14)9-3-5-10(6-4-9)16-8-7-13/h3-6,13,15H,7-8H2,1-2H3/i3D. The summed E-state index contributed by atoms with van der Waals surface area (Å²) in [7, 11) is 0. The minimum Gasteiger partial charge on any atom is -0.491 e. The molecule has 0 amide bonds. The lowest BCUT2D eigenvalue weighted by atomic mass is 9.97. The van der Waals surface area contributed by atoms with E-state index in [0.717, 1.165) is 0 Å². The molecule has 1 rings (SSSR count). The Kier molecular flexibility index (Phi) is 3.54. The van der Waals surface area contributed by atoms with Crippen molar-refractivity contribution in [1.82, 2.24) is 0 Å². The number of aliphatic hydroxyl groups is 2. The van der Waals surface area contributed by atoms with Crippen molar-refractivity contribution in [3.8, 4) is 5.75 Å². The summed E-state index contributed by atoms with van der Waals surface area (Å²) >= 11 is 0. The highest BCUT2D eigenvalue weighted by atomic mass is 16.5. The van der Waals surface area contributed by atoms with Gasteiger partial charge in [0.15, 0.2) is 5.78 Å². The van der Waals surface area contributed by atoms with Gasteiger partial charge in [0, 0.05) is 5.56 Å². The van der Waals surface area contributed by atoms with Gasteiger partial charge in [-0.2, -0.15) is 0 Å². The van der Waals surface area contributed by atoms with Crippen molar-refractivity contribution in [3.63, 3.8) is 0 Å². The maximum Gasteiger partial charge on any atom is 0.193 e. The summed E-state index contributed by atoms with van der Waals surface area (Å²) in [4.78, 5) is 11.8. The highest BCUT2D eigenvalue weighted by Crippen LogP contribution is 2.16. The van der Waals surface area contributed by atoms with Crippen molar-refractivity contribution in [2.75, 3.05) is 13.2 Å². The summed E-state index contributed by atoms with van der Waals surface area (Å²) in [5.74, 6) is -0.0902. The van der Waals surface area contributed by atoms with Crippen LogP contribution in [-0.2, 0) is 0 Å². The minimum absolute atomic E-state index is 0.00688. The van der Waals surface area contributed by atoms with Crippen LogP contribution >= 0.6 is 0 Å².